The monoisotopic (exact) mass is 412 g/mol. The molecule has 1 N–H and O–H groups in total. The molecular formula is C23H19F3N2O2. The number of aliphatic hydroxyl groups excluding tert-OH is 1. The van der Waals surface area contributed by atoms with Gasteiger partial charge in [-0.05, 0) is 42.2 Å². The molecule has 0 bridgehead atoms. The molecule has 0 aliphatic heterocycles. The van der Waals surface area contributed by atoms with Gasteiger partial charge in [-0.3, -0.25) is 4.79 Å². The lowest BCUT2D eigenvalue weighted by Crippen LogP contribution is -2.28. The number of aromatic nitrogens is 1. The molecular weight excluding hydrogens is 393 g/mol. The van der Waals surface area contributed by atoms with Crippen molar-refractivity contribution in [2.75, 3.05) is 6.61 Å². The molecule has 0 fully saturated rings. The van der Waals surface area contributed by atoms with Crippen LogP contribution in [0.2, 0.25) is 0 Å². The average Bonchev–Trinajstić information content (AvgIpc) is 2.70. The maximum atomic E-state index is 13.5. The molecule has 154 valence electrons. The Bertz CT molecular complexity index is 1160. The van der Waals surface area contributed by atoms with Gasteiger partial charge in [-0.25, -0.2) is 0 Å². The van der Waals surface area contributed by atoms with E-state index in [0.717, 1.165) is 17.2 Å². The fourth-order valence-electron chi connectivity index (χ4n) is 3.30. The van der Waals surface area contributed by atoms with E-state index in [1.54, 1.807) is 55.5 Å². The number of hydrogen-bond donors (Lipinski definition) is 1. The van der Waals surface area contributed by atoms with E-state index >= 15 is 0 Å². The Hall–Kier alpha value is -3.37. The van der Waals surface area contributed by atoms with Crippen molar-refractivity contribution in [2.24, 2.45) is 0 Å². The fourth-order valence-corrected chi connectivity index (χ4v) is 3.30. The summed E-state index contributed by atoms with van der Waals surface area (Å²) in [5, 5.41) is 18.3. The molecule has 0 saturated heterocycles. The van der Waals surface area contributed by atoms with Crippen LogP contribution >= 0.6 is 0 Å². The van der Waals surface area contributed by atoms with Crippen molar-refractivity contribution in [1.82, 2.24) is 4.57 Å². The first kappa shape index (κ1) is 21.3. The van der Waals surface area contributed by atoms with Gasteiger partial charge in [-0.2, -0.15) is 18.4 Å². The number of halogens is 3. The van der Waals surface area contributed by atoms with Gasteiger partial charge in [0.25, 0.3) is 5.56 Å². The van der Waals surface area contributed by atoms with Gasteiger partial charge in [0.2, 0.25) is 0 Å². The molecule has 0 radical (unpaired) electrons. The minimum absolute atomic E-state index is 0.000739. The Morgan fingerprint density at radius 2 is 1.73 bits per heavy atom. The van der Waals surface area contributed by atoms with Crippen LogP contribution in [0.3, 0.4) is 0 Å². The number of benzene rings is 2. The van der Waals surface area contributed by atoms with Gasteiger partial charge < -0.3 is 9.67 Å². The largest absolute Gasteiger partial charge is 0.417 e. The predicted octanol–water partition coefficient (Wildman–Crippen LogP) is 4.30. The topological polar surface area (TPSA) is 66.0 Å². The zero-order valence-electron chi connectivity index (χ0n) is 16.2. The predicted molar refractivity (Wildman–Crippen MR) is 107 cm³/mol. The van der Waals surface area contributed by atoms with Gasteiger partial charge in [-0.1, -0.05) is 48.0 Å². The van der Waals surface area contributed by atoms with Crippen LogP contribution in [-0.2, 0) is 19.1 Å². The Labute approximate surface area is 171 Å². The van der Waals surface area contributed by atoms with Crippen LogP contribution in [0.1, 0.15) is 27.8 Å². The molecule has 7 heteroatoms. The molecule has 1 heterocycles. The normalized spacial score (nSPS) is 11.3. The van der Waals surface area contributed by atoms with Crippen molar-refractivity contribution in [3.63, 3.8) is 0 Å². The summed E-state index contributed by atoms with van der Waals surface area (Å²) in [5.74, 6) is 0. The van der Waals surface area contributed by atoms with Gasteiger partial charge >= 0.3 is 6.18 Å². The van der Waals surface area contributed by atoms with Crippen LogP contribution in [-0.4, -0.2) is 16.3 Å². The Morgan fingerprint density at radius 1 is 1.07 bits per heavy atom. The van der Waals surface area contributed by atoms with Crippen molar-refractivity contribution in [2.45, 2.75) is 26.1 Å². The molecule has 2 aromatic carbocycles. The van der Waals surface area contributed by atoms with Crippen molar-refractivity contribution in [1.29, 1.82) is 5.26 Å². The summed E-state index contributed by atoms with van der Waals surface area (Å²) >= 11 is 0. The van der Waals surface area contributed by atoms with E-state index in [4.69, 9.17) is 5.11 Å². The molecule has 0 spiro atoms. The van der Waals surface area contributed by atoms with Gasteiger partial charge in [0.15, 0.2) is 0 Å². The SMILES string of the molecule is Cc1cccc(-c2cc(C(F)(F)F)c(C#N)c(=O)n2Cc2ccc(CCO)cc2)c1. The van der Waals surface area contributed by atoms with E-state index in [0.29, 0.717) is 17.5 Å². The molecule has 0 amide bonds. The van der Waals surface area contributed by atoms with Crippen molar-refractivity contribution in [3.8, 4) is 17.3 Å². The van der Waals surface area contributed by atoms with Gasteiger partial charge in [0.05, 0.1) is 17.8 Å². The molecule has 0 saturated carbocycles. The molecule has 3 aromatic rings. The highest BCUT2D eigenvalue weighted by Gasteiger charge is 2.36. The molecule has 30 heavy (non-hydrogen) atoms. The quantitative estimate of drug-likeness (QED) is 0.680. The lowest BCUT2D eigenvalue weighted by atomic mass is 10.0. The first-order chi connectivity index (χ1) is 14.2. The highest BCUT2D eigenvalue weighted by atomic mass is 19.4. The molecule has 0 atom stereocenters. The second-order valence-electron chi connectivity index (χ2n) is 6.98. The number of nitriles is 1. The summed E-state index contributed by atoms with van der Waals surface area (Å²) in [6.07, 6.45) is -4.35. The number of aliphatic hydroxyl groups is 1. The number of nitrogens with zero attached hydrogens (tertiary/aromatic N) is 2. The van der Waals surface area contributed by atoms with Crippen LogP contribution in [0.5, 0.6) is 0 Å². The number of aryl methyl sites for hydroxylation is 1. The third-order valence-corrected chi connectivity index (χ3v) is 4.80. The van der Waals surface area contributed by atoms with Crippen molar-refractivity contribution in [3.05, 3.63) is 92.8 Å². The zero-order chi connectivity index (χ0) is 21.9. The molecule has 0 aliphatic rings. The number of pyridine rings is 1. The number of alkyl halides is 3. The average molecular weight is 412 g/mol. The smallest absolute Gasteiger partial charge is 0.396 e. The van der Waals surface area contributed by atoms with E-state index in [-0.39, 0.29) is 18.8 Å². The van der Waals surface area contributed by atoms with E-state index in [2.05, 4.69) is 0 Å². The summed E-state index contributed by atoms with van der Waals surface area (Å²) in [6.45, 7) is 1.81. The van der Waals surface area contributed by atoms with Crippen molar-refractivity contribution >= 4 is 0 Å². The highest BCUT2D eigenvalue weighted by Crippen LogP contribution is 2.33. The first-order valence-corrected chi connectivity index (χ1v) is 9.25. The van der Waals surface area contributed by atoms with Gasteiger partial charge in [0, 0.05) is 6.61 Å². The minimum atomic E-state index is -4.83. The van der Waals surface area contributed by atoms with E-state index in [1.807, 2.05) is 0 Å². The summed E-state index contributed by atoms with van der Waals surface area (Å²) < 4.78 is 41.8. The summed E-state index contributed by atoms with van der Waals surface area (Å²) in [4.78, 5) is 12.9. The molecule has 4 nitrogen and oxygen atoms in total. The van der Waals surface area contributed by atoms with Crippen LogP contribution in [0.25, 0.3) is 11.3 Å². The number of hydrogen-bond acceptors (Lipinski definition) is 3. The van der Waals surface area contributed by atoms with Crippen LogP contribution in [0, 0.1) is 18.3 Å². The van der Waals surface area contributed by atoms with Crippen LogP contribution in [0.4, 0.5) is 13.2 Å². The maximum Gasteiger partial charge on any atom is 0.417 e. The highest BCUT2D eigenvalue weighted by molar-refractivity contribution is 5.63. The Balaban J connectivity index is 2.22. The third-order valence-electron chi connectivity index (χ3n) is 4.80. The standard InChI is InChI=1S/C23H19F3N2O2/c1-15-3-2-4-18(11-15)21-12-20(23(24,25)26)19(13-27)22(30)28(21)14-17-7-5-16(6-8-17)9-10-29/h2-8,11-12,29H,9-10,14H2,1H3. The van der Waals surface area contributed by atoms with Gasteiger partial charge in [0.1, 0.15) is 11.6 Å². The molecule has 0 unspecified atom stereocenters. The van der Waals surface area contributed by atoms with E-state index < -0.39 is 22.9 Å². The summed E-state index contributed by atoms with van der Waals surface area (Å²) in [5.41, 5.74) is -0.166. The lowest BCUT2D eigenvalue weighted by molar-refractivity contribution is -0.137. The van der Waals surface area contributed by atoms with Crippen molar-refractivity contribution < 1.29 is 18.3 Å². The molecule has 0 aliphatic carbocycles. The second-order valence-corrected chi connectivity index (χ2v) is 6.98. The fraction of sp³-hybridized carbons (Fsp3) is 0.217. The minimum Gasteiger partial charge on any atom is -0.396 e. The second kappa shape index (κ2) is 8.56. The Morgan fingerprint density at radius 3 is 2.30 bits per heavy atom. The maximum absolute atomic E-state index is 13.5. The first-order valence-electron chi connectivity index (χ1n) is 9.25. The Kier molecular flexibility index (Phi) is 6.09. The lowest BCUT2D eigenvalue weighted by Gasteiger charge is -2.18. The molecule has 1 aromatic heterocycles. The van der Waals surface area contributed by atoms with Gasteiger partial charge in [-0.15, -0.1) is 0 Å². The van der Waals surface area contributed by atoms with Crippen LogP contribution in [0.15, 0.2) is 59.4 Å². The van der Waals surface area contributed by atoms with Crippen LogP contribution < -0.4 is 5.56 Å². The third kappa shape index (κ3) is 4.44. The van der Waals surface area contributed by atoms with E-state index in [9.17, 15) is 23.2 Å². The summed E-state index contributed by atoms with van der Waals surface area (Å²) in [6, 6.07) is 16.2. The number of rotatable bonds is 5. The van der Waals surface area contributed by atoms with E-state index in [1.165, 1.54) is 10.6 Å². The zero-order valence-corrected chi connectivity index (χ0v) is 16.2. The summed E-state index contributed by atoms with van der Waals surface area (Å²) in [7, 11) is 0. The molecule has 3 rings (SSSR count).